The first-order valence-corrected chi connectivity index (χ1v) is 6.17. The first-order chi connectivity index (χ1) is 7.08. The summed E-state index contributed by atoms with van der Waals surface area (Å²) >= 11 is 0. The molecule has 1 aliphatic heterocycles. The molecule has 0 aromatic carbocycles. The Bertz CT molecular complexity index is 170. The summed E-state index contributed by atoms with van der Waals surface area (Å²) in [6, 6.07) is 1.33. The van der Waals surface area contributed by atoms with Gasteiger partial charge >= 0.3 is 0 Å². The van der Waals surface area contributed by atoms with Crippen molar-refractivity contribution < 1.29 is 0 Å². The molecule has 0 aliphatic carbocycles. The molecule has 0 aromatic rings. The largest absolute Gasteiger partial charge is 0.310 e. The highest BCUT2D eigenvalue weighted by atomic mass is 15.1. The van der Waals surface area contributed by atoms with Gasteiger partial charge < -0.3 is 15.1 Å². The molecular formula is C12H27N3. The van der Waals surface area contributed by atoms with E-state index in [0.29, 0.717) is 6.04 Å². The molecule has 1 aliphatic rings. The fourth-order valence-corrected chi connectivity index (χ4v) is 2.41. The maximum absolute atomic E-state index is 3.74. The van der Waals surface area contributed by atoms with Crippen LogP contribution in [-0.2, 0) is 0 Å². The molecule has 2 unspecified atom stereocenters. The molecule has 0 spiro atoms. The van der Waals surface area contributed by atoms with Crippen molar-refractivity contribution in [2.45, 2.75) is 38.3 Å². The zero-order valence-corrected chi connectivity index (χ0v) is 10.8. The summed E-state index contributed by atoms with van der Waals surface area (Å²) in [7, 11) is 6.50. The van der Waals surface area contributed by atoms with E-state index < -0.39 is 0 Å². The third kappa shape index (κ3) is 5.50. The molecule has 1 saturated heterocycles. The Balaban J connectivity index is 2.24. The van der Waals surface area contributed by atoms with E-state index in [-0.39, 0.29) is 0 Å². The lowest BCUT2D eigenvalue weighted by molar-refractivity contribution is 0.310. The summed E-state index contributed by atoms with van der Waals surface area (Å²) in [5.41, 5.74) is 0. The topological polar surface area (TPSA) is 18.5 Å². The Labute approximate surface area is 94.8 Å². The number of rotatable bonds is 4. The molecule has 0 aromatic heterocycles. The number of nitrogens with zero attached hydrogens (tertiary/aromatic N) is 2. The van der Waals surface area contributed by atoms with Gasteiger partial charge in [0.1, 0.15) is 0 Å². The Kier molecular flexibility index (Phi) is 5.58. The van der Waals surface area contributed by atoms with Crippen molar-refractivity contribution in [3.63, 3.8) is 0 Å². The monoisotopic (exact) mass is 213 g/mol. The van der Waals surface area contributed by atoms with E-state index in [2.05, 4.69) is 43.2 Å². The van der Waals surface area contributed by atoms with Gasteiger partial charge in [-0.15, -0.1) is 0 Å². The lowest BCUT2D eigenvalue weighted by atomic mass is 10.1. The zero-order chi connectivity index (χ0) is 11.3. The minimum atomic E-state index is 0.605. The Morgan fingerprint density at radius 3 is 2.73 bits per heavy atom. The summed E-state index contributed by atoms with van der Waals surface area (Å²) < 4.78 is 0. The van der Waals surface area contributed by atoms with Gasteiger partial charge in [-0.3, -0.25) is 0 Å². The second-order valence-electron chi connectivity index (χ2n) is 5.26. The zero-order valence-electron chi connectivity index (χ0n) is 10.8. The summed E-state index contributed by atoms with van der Waals surface area (Å²) in [5, 5.41) is 3.74. The molecule has 0 radical (unpaired) electrons. The van der Waals surface area contributed by atoms with E-state index in [0.717, 1.165) is 12.6 Å². The average molecular weight is 213 g/mol. The predicted molar refractivity (Wildman–Crippen MR) is 66.3 cm³/mol. The van der Waals surface area contributed by atoms with Crippen LogP contribution in [0.3, 0.4) is 0 Å². The Morgan fingerprint density at radius 2 is 2.07 bits per heavy atom. The lowest BCUT2D eigenvalue weighted by Gasteiger charge is -2.24. The molecule has 1 N–H and O–H groups in total. The van der Waals surface area contributed by atoms with Crippen LogP contribution in [0.4, 0.5) is 0 Å². The van der Waals surface area contributed by atoms with Gasteiger partial charge in [-0.2, -0.15) is 0 Å². The van der Waals surface area contributed by atoms with E-state index in [1.165, 1.54) is 32.4 Å². The smallest absolute Gasteiger partial charge is 0.0169 e. The van der Waals surface area contributed by atoms with Crippen molar-refractivity contribution >= 4 is 0 Å². The molecule has 0 saturated carbocycles. The number of likely N-dealkylation sites (N-methyl/N-ethyl adjacent to an activating group) is 1. The Morgan fingerprint density at radius 1 is 1.33 bits per heavy atom. The molecular weight excluding hydrogens is 186 g/mol. The first kappa shape index (κ1) is 12.9. The van der Waals surface area contributed by atoms with Crippen molar-refractivity contribution in [3.05, 3.63) is 0 Å². The van der Waals surface area contributed by atoms with Crippen LogP contribution < -0.4 is 5.32 Å². The molecule has 3 heteroatoms. The van der Waals surface area contributed by atoms with Gasteiger partial charge in [0.05, 0.1) is 0 Å². The van der Waals surface area contributed by atoms with Crippen LogP contribution in [0.25, 0.3) is 0 Å². The van der Waals surface area contributed by atoms with Gasteiger partial charge in [0, 0.05) is 18.6 Å². The number of hydrogen-bond acceptors (Lipinski definition) is 3. The molecule has 0 amide bonds. The third-order valence-corrected chi connectivity index (χ3v) is 3.11. The van der Waals surface area contributed by atoms with Crippen LogP contribution in [0.5, 0.6) is 0 Å². The van der Waals surface area contributed by atoms with Crippen molar-refractivity contribution in [1.29, 1.82) is 0 Å². The van der Waals surface area contributed by atoms with E-state index in [9.17, 15) is 0 Å². The summed E-state index contributed by atoms with van der Waals surface area (Å²) in [6.07, 6.45) is 3.97. The molecule has 1 rings (SSSR count). The Hall–Kier alpha value is -0.120. The van der Waals surface area contributed by atoms with E-state index in [4.69, 9.17) is 0 Å². The molecule has 1 fully saturated rings. The van der Waals surface area contributed by atoms with E-state index in [1.54, 1.807) is 0 Å². The highest BCUT2D eigenvalue weighted by molar-refractivity contribution is 4.77. The third-order valence-electron chi connectivity index (χ3n) is 3.11. The second kappa shape index (κ2) is 6.46. The van der Waals surface area contributed by atoms with Crippen molar-refractivity contribution in [2.24, 2.45) is 0 Å². The number of likely N-dealkylation sites (tertiary alicyclic amines) is 1. The van der Waals surface area contributed by atoms with E-state index in [1.807, 2.05) is 0 Å². The number of hydrogen-bond donors (Lipinski definition) is 1. The maximum Gasteiger partial charge on any atom is 0.0169 e. The average Bonchev–Trinajstić information content (AvgIpc) is 2.29. The maximum atomic E-state index is 3.74. The quantitative estimate of drug-likeness (QED) is 0.752. The van der Waals surface area contributed by atoms with Gasteiger partial charge in [0.15, 0.2) is 0 Å². The van der Waals surface area contributed by atoms with Crippen LogP contribution in [-0.4, -0.2) is 62.7 Å². The minimum Gasteiger partial charge on any atom is -0.310 e. The fourth-order valence-electron chi connectivity index (χ4n) is 2.41. The van der Waals surface area contributed by atoms with Crippen molar-refractivity contribution in [3.8, 4) is 0 Å². The van der Waals surface area contributed by atoms with Gasteiger partial charge in [0.25, 0.3) is 0 Å². The van der Waals surface area contributed by atoms with Crippen molar-refractivity contribution in [1.82, 2.24) is 15.1 Å². The van der Waals surface area contributed by atoms with Gasteiger partial charge in [0.2, 0.25) is 0 Å². The lowest BCUT2D eigenvalue weighted by Crippen LogP contribution is -2.42. The summed E-state index contributed by atoms with van der Waals surface area (Å²) in [5.74, 6) is 0. The normalized spacial score (nSPS) is 26.6. The standard InChI is InChI=1S/C12H27N3/c1-11(10-14(2)3)13-12-6-5-8-15(4)9-7-12/h11-13H,5-10H2,1-4H3. The molecule has 1 heterocycles. The van der Waals surface area contributed by atoms with Gasteiger partial charge in [-0.25, -0.2) is 0 Å². The van der Waals surface area contributed by atoms with E-state index >= 15 is 0 Å². The van der Waals surface area contributed by atoms with Gasteiger partial charge in [-0.05, 0) is 60.4 Å². The number of nitrogens with one attached hydrogen (secondary N) is 1. The minimum absolute atomic E-state index is 0.605. The second-order valence-corrected chi connectivity index (χ2v) is 5.26. The SMILES string of the molecule is CC(CN(C)C)NC1CCCN(C)CC1. The molecule has 2 atom stereocenters. The molecule has 90 valence electrons. The van der Waals surface area contributed by atoms with Gasteiger partial charge in [-0.1, -0.05) is 0 Å². The van der Waals surface area contributed by atoms with Crippen LogP contribution in [0.1, 0.15) is 26.2 Å². The predicted octanol–water partition coefficient (Wildman–Crippen LogP) is 1.01. The summed E-state index contributed by atoms with van der Waals surface area (Å²) in [4.78, 5) is 4.69. The first-order valence-electron chi connectivity index (χ1n) is 6.17. The van der Waals surface area contributed by atoms with Crippen LogP contribution >= 0.6 is 0 Å². The molecule has 15 heavy (non-hydrogen) atoms. The molecule has 3 nitrogen and oxygen atoms in total. The fraction of sp³-hybridized carbons (Fsp3) is 1.00. The molecule has 0 bridgehead atoms. The van der Waals surface area contributed by atoms with Crippen molar-refractivity contribution in [2.75, 3.05) is 40.8 Å². The van der Waals surface area contributed by atoms with Crippen LogP contribution in [0, 0.1) is 0 Å². The highest BCUT2D eigenvalue weighted by Gasteiger charge is 2.16. The van der Waals surface area contributed by atoms with Crippen LogP contribution in [0.15, 0.2) is 0 Å². The highest BCUT2D eigenvalue weighted by Crippen LogP contribution is 2.10. The van der Waals surface area contributed by atoms with Crippen LogP contribution in [0.2, 0.25) is 0 Å². The summed E-state index contributed by atoms with van der Waals surface area (Å²) in [6.45, 7) is 5.92.